The SMILES string of the molecule is CCN(CC)CCN(CC)C(=O)Cn1c(SCc2ccc(SF)cc2)nc(=O)c2c1CCC2. The van der Waals surface area contributed by atoms with Gasteiger partial charge in [-0.3, -0.25) is 9.59 Å². The van der Waals surface area contributed by atoms with Crippen LogP contribution in [0.15, 0.2) is 39.1 Å². The molecule has 2 aromatic rings. The molecule has 3 rings (SSSR count). The Balaban J connectivity index is 1.79. The molecule has 0 spiro atoms. The van der Waals surface area contributed by atoms with E-state index in [1.54, 1.807) is 12.1 Å². The molecule has 6 nitrogen and oxygen atoms in total. The second-order valence-electron chi connectivity index (χ2n) is 8.07. The summed E-state index contributed by atoms with van der Waals surface area (Å²) in [7, 11) is 0. The number of fused-ring (bicyclic) bond motifs is 1. The number of carbonyl (C=O) groups is 1. The molecule has 0 saturated carbocycles. The van der Waals surface area contributed by atoms with Crippen LogP contribution in [-0.4, -0.2) is 58.0 Å². The van der Waals surface area contributed by atoms with E-state index in [0.717, 1.165) is 55.7 Å². The number of thioether (sulfide) groups is 1. The predicted octanol–water partition coefficient (Wildman–Crippen LogP) is 4.19. The largest absolute Gasteiger partial charge is 0.340 e. The van der Waals surface area contributed by atoms with Gasteiger partial charge in [-0.05, 0) is 57.0 Å². The number of likely N-dealkylation sites (N-methyl/N-ethyl adjacent to an activating group) is 2. The molecule has 1 aromatic heterocycles. The second-order valence-corrected chi connectivity index (χ2v) is 9.64. The van der Waals surface area contributed by atoms with Crippen molar-refractivity contribution in [2.45, 2.75) is 62.4 Å². The van der Waals surface area contributed by atoms with Crippen LogP contribution in [0.25, 0.3) is 0 Å². The van der Waals surface area contributed by atoms with Crippen molar-refractivity contribution in [2.24, 2.45) is 0 Å². The van der Waals surface area contributed by atoms with E-state index >= 15 is 0 Å². The van der Waals surface area contributed by atoms with Gasteiger partial charge in [0.2, 0.25) is 5.91 Å². The van der Waals surface area contributed by atoms with Gasteiger partial charge in [-0.25, -0.2) is 0 Å². The molecule has 33 heavy (non-hydrogen) atoms. The van der Waals surface area contributed by atoms with Crippen molar-refractivity contribution < 1.29 is 8.68 Å². The van der Waals surface area contributed by atoms with Gasteiger partial charge in [-0.1, -0.05) is 37.7 Å². The number of amides is 1. The summed E-state index contributed by atoms with van der Waals surface area (Å²) in [5.41, 5.74) is 2.55. The fraction of sp³-hybridized carbons (Fsp3) is 0.542. The predicted molar refractivity (Wildman–Crippen MR) is 134 cm³/mol. The summed E-state index contributed by atoms with van der Waals surface area (Å²) < 4.78 is 14.7. The van der Waals surface area contributed by atoms with Crippen molar-refractivity contribution in [3.05, 3.63) is 51.4 Å². The number of nitrogens with zero attached hydrogens (tertiary/aromatic N) is 4. The fourth-order valence-electron chi connectivity index (χ4n) is 4.14. The summed E-state index contributed by atoms with van der Waals surface area (Å²) in [6.45, 7) is 10.6. The van der Waals surface area contributed by atoms with Crippen LogP contribution in [0.5, 0.6) is 0 Å². The van der Waals surface area contributed by atoms with Gasteiger partial charge in [0.1, 0.15) is 6.54 Å². The van der Waals surface area contributed by atoms with Crippen LogP contribution in [0.4, 0.5) is 3.89 Å². The van der Waals surface area contributed by atoms with E-state index in [-0.39, 0.29) is 30.2 Å². The first-order valence-corrected chi connectivity index (χ1v) is 13.3. The molecule has 0 radical (unpaired) electrons. The maximum Gasteiger partial charge on any atom is 0.277 e. The summed E-state index contributed by atoms with van der Waals surface area (Å²) >= 11 is 1.67. The third kappa shape index (κ3) is 6.61. The quantitative estimate of drug-likeness (QED) is 0.327. The monoisotopic (exact) mass is 492 g/mol. The molecule has 0 unspecified atom stereocenters. The van der Waals surface area contributed by atoms with Crippen LogP contribution < -0.4 is 5.56 Å². The lowest BCUT2D eigenvalue weighted by molar-refractivity contribution is -0.132. The molecule has 0 saturated heterocycles. The van der Waals surface area contributed by atoms with Gasteiger partial charge < -0.3 is 14.4 Å². The summed E-state index contributed by atoms with van der Waals surface area (Å²) in [5.74, 6) is 0.645. The van der Waals surface area contributed by atoms with Crippen molar-refractivity contribution in [1.82, 2.24) is 19.4 Å². The first-order chi connectivity index (χ1) is 16.0. The van der Waals surface area contributed by atoms with Gasteiger partial charge in [0.15, 0.2) is 5.16 Å². The van der Waals surface area contributed by atoms with Crippen molar-refractivity contribution in [1.29, 1.82) is 0 Å². The van der Waals surface area contributed by atoms with Gasteiger partial charge in [-0.15, -0.1) is 0 Å². The van der Waals surface area contributed by atoms with Crippen LogP contribution >= 0.6 is 23.9 Å². The van der Waals surface area contributed by atoms with Crippen molar-refractivity contribution in [3.8, 4) is 0 Å². The maximum absolute atomic E-state index is 13.2. The number of benzene rings is 1. The average Bonchev–Trinajstić information content (AvgIpc) is 3.33. The highest BCUT2D eigenvalue weighted by molar-refractivity contribution is 7.98. The van der Waals surface area contributed by atoms with Gasteiger partial charge in [0, 0.05) is 41.5 Å². The number of halogens is 1. The molecule has 1 heterocycles. The molecule has 0 fully saturated rings. The van der Waals surface area contributed by atoms with Crippen molar-refractivity contribution >= 4 is 29.8 Å². The van der Waals surface area contributed by atoms with Crippen LogP contribution in [0.3, 0.4) is 0 Å². The molecular formula is C24H33FN4O2S2. The number of aromatic nitrogens is 2. The zero-order valence-corrected chi connectivity index (χ0v) is 21.3. The standard InChI is InChI=1S/C24H33FN4O2S2/c1-4-27(5-2)14-15-28(6-3)22(30)16-29-21-9-7-8-20(21)23(31)26-24(29)32-17-18-10-12-19(33-25)13-11-18/h10-13H,4-9,14-17H2,1-3H3. The molecule has 180 valence electrons. The van der Waals surface area contributed by atoms with Gasteiger partial charge in [-0.2, -0.15) is 8.87 Å². The zero-order valence-electron chi connectivity index (χ0n) is 19.7. The molecule has 1 aromatic carbocycles. The van der Waals surface area contributed by atoms with Crippen LogP contribution in [0.1, 0.15) is 44.0 Å². The molecule has 0 atom stereocenters. The molecular weight excluding hydrogens is 459 g/mol. The molecule has 9 heteroatoms. The molecule has 1 aliphatic rings. The third-order valence-corrected chi connectivity index (χ3v) is 7.69. The molecule has 1 aliphatic carbocycles. The van der Waals surface area contributed by atoms with E-state index in [4.69, 9.17) is 0 Å². The lowest BCUT2D eigenvalue weighted by Gasteiger charge is -2.26. The Morgan fingerprint density at radius 1 is 1.09 bits per heavy atom. The fourth-order valence-corrected chi connectivity index (χ4v) is 5.35. The van der Waals surface area contributed by atoms with E-state index < -0.39 is 0 Å². The Kier molecular flexibility index (Phi) is 9.82. The normalized spacial score (nSPS) is 12.9. The topological polar surface area (TPSA) is 58.4 Å². The molecule has 0 N–H and O–H groups in total. The maximum atomic E-state index is 13.2. The molecule has 0 aliphatic heterocycles. The minimum absolute atomic E-state index is 0.0513. The smallest absolute Gasteiger partial charge is 0.277 e. The summed E-state index contributed by atoms with van der Waals surface area (Å²) in [6, 6.07) is 7.23. The Bertz CT molecular complexity index is 993. The van der Waals surface area contributed by atoms with Crippen molar-refractivity contribution in [3.63, 3.8) is 0 Å². The van der Waals surface area contributed by atoms with Crippen LogP contribution in [0.2, 0.25) is 0 Å². The Morgan fingerprint density at radius 2 is 1.82 bits per heavy atom. The van der Waals surface area contributed by atoms with Gasteiger partial charge in [0.05, 0.1) is 12.1 Å². The Hall–Kier alpha value is -1.84. The van der Waals surface area contributed by atoms with E-state index in [1.807, 2.05) is 28.5 Å². The van der Waals surface area contributed by atoms with E-state index in [0.29, 0.717) is 28.9 Å². The highest BCUT2D eigenvalue weighted by Crippen LogP contribution is 2.27. The number of hydrogen-bond donors (Lipinski definition) is 0. The minimum Gasteiger partial charge on any atom is -0.340 e. The molecule has 1 amide bonds. The lowest BCUT2D eigenvalue weighted by Crippen LogP contribution is -2.40. The number of carbonyl (C=O) groups excluding carboxylic acids is 1. The number of rotatable bonds is 12. The second kappa shape index (κ2) is 12.6. The summed E-state index contributed by atoms with van der Waals surface area (Å²) in [4.78, 5) is 35.0. The van der Waals surface area contributed by atoms with Gasteiger partial charge in [0.25, 0.3) is 5.56 Å². The zero-order chi connectivity index (χ0) is 23.8. The first-order valence-electron chi connectivity index (χ1n) is 11.6. The Morgan fingerprint density at radius 3 is 2.45 bits per heavy atom. The van der Waals surface area contributed by atoms with E-state index in [1.165, 1.54) is 11.8 Å². The highest BCUT2D eigenvalue weighted by atomic mass is 32.2. The van der Waals surface area contributed by atoms with Crippen molar-refractivity contribution in [2.75, 3.05) is 32.7 Å². The summed E-state index contributed by atoms with van der Waals surface area (Å²) in [6.07, 6.45) is 2.43. The highest BCUT2D eigenvalue weighted by Gasteiger charge is 2.24. The van der Waals surface area contributed by atoms with Gasteiger partial charge >= 0.3 is 0 Å². The summed E-state index contributed by atoms with van der Waals surface area (Å²) in [5, 5.41) is 0.581. The lowest BCUT2D eigenvalue weighted by atomic mass is 10.2. The first kappa shape index (κ1) is 25.8. The Labute approximate surface area is 204 Å². The van der Waals surface area contributed by atoms with Crippen LogP contribution in [-0.2, 0) is 29.9 Å². The average molecular weight is 493 g/mol. The third-order valence-electron chi connectivity index (χ3n) is 6.19. The van der Waals surface area contributed by atoms with E-state index in [9.17, 15) is 13.5 Å². The van der Waals surface area contributed by atoms with Crippen LogP contribution in [0, 0.1) is 0 Å². The van der Waals surface area contributed by atoms with E-state index in [2.05, 4.69) is 23.7 Å². The number of hydrogen-bond acceptors (Lipinski definition) is 6. The molecule has 0 bridgehead atoms. The minimum atomic E-state index is -0.174.